The molecule has 8 heteroatoms. The number of methoxy groups -OCH3 is 2. The summed E-state index contributed by atoms with van der Waals surface area (Å²) in [5.41, 5.74) is 2.12. The summed E-state index contributed by atoms with van der Waals surface area (Å²) in [6.07, 6.45) is 5.91. The second-order valence-electron chi connectivity index (χ2n) is 7.29. The third kappa shape index (κ3) is 4.18. The van der Waals surface area contributed by atoms with Gasteiger partial charge in [0, 0.05) is 30.5 Å². The zero-order chi connectivity index (χ0) is 20.4. The molecule has 1 aliphatic rings. The summed E-state index contributed by atoms with van der Waals surface area (Å²) in [6.45, 7) is 1.33. The van der Waals surface area contributed by atoms with E-state index in [2.05, 4.69) is 21.5 Å². The largest absolute Gasteiger partial charge is 0.493 e. The van der Waals surface area contributed by atoms with Gasteiger partial charge in [-0.3, -0.25) is 14.5 Å². The number of aromatic nitrogens is 4. The summed E-state index contributed by atoms with van der Waals surface area (Å²) in [4.78, 5) is 6.41. The number of nitrogens with zero attached hydrogens (tertiary/aromatic N) is 5. The van der Waals surface area contributed by atoms with Gasteiger partial charge in [0.15, 0.2) is 22.1 Å². The average molecular weight is 412 g/mol. The van der Waals surface area contributed by atoms with E-state index in [1.54, 1.807) is 20.4 Å². The molecular weight excluding hydrogens is 386 g/mol. The highest BCUT2D eigenvalue weighted by atomic mass is 32.1. The molecule has 7 nitrogen and oxygen atoms in total. The van der Waals surface area contributed by atoms with Gasteiger partial charge in [-0.25, -0.2) is 4.68 Å². The van der Waals surface area contributed by atoms with E-state index in [1.165, 1.54) is 0 Å². The molecule has 2 heterocycles. The molecule has 0 atom stereocenters. The summed E-state index contributed by atoms with van der Waals surface area (Å²) in [6, 6.07) is 10.4. The van der Waals surface area contributed by atoms with Gasteiger partial charge in [-0.1, -0.05) is 6.07 Å². The number of hydrogen-bond donors (Lipinski definition) is 0. The summed E-state index contributed by atoms with van der Waals surface area (Å²) in [7, 11) is 5.34. The van der Waals surface area contributed by atoms with Gasteiger partial charge in [0.25, 0.3) is 0 Å². The molecule has 1 aromatic carbocycles. The van der Waals surface area contributed by atoms with E-state index in [0.29, 0.717) is 12.7 Å². The van der Waals surface area contributed by atoms with E-state index >= 15 is 0 Å². The number of pyridine rings is 1. The summed E-state index contributed by atoms with van der Waals surface area (Å²) < 4.78 is 15.6. The Hall–Kier alpha value is -2.71. The molecule has 0 amide bonds. The maximum absolute atomic E-state index is 5.76. The van der Waals surface area contributed by atoms with Crippen LogP contribution >= 0.6 is 12.2 Å². The minimum Gasteiger partial charge on any atom is -0.493 e. The zero-order valence-electron chi connectivity index (χ0n) is 16.9. The molecule has 0 spiro atoms. The van der Waals surface area contributed by atoms with Crippen LogP contribution in [-0.2, 0) is 13.2 Å². The first-order valence-corrected chi connectivity index (χ1v) is 10.0. The minimum atomic E-state index is 0.447. The predicted molar refractivity (Wildman–Crippen MR) is 114 cm³/mol. The lowest BCUT2D eigenvalue weighted by molar-refractivity contribution is 0.243. The van der Waals surface area contributed by atoms with Gasteiger partial charge in [0.1, 0.15) is 0 Å². The summed E-state index contributed by atoms with van der Waals surface area (Å²) in [5.74, 6) is 2.35. The number of rotatable bonds is 8. The Labute approximate surface area is 175 Å². The molecule has 3 aromatic rings. The Morgan fingerprint density at radius 3 is 2.62 bits per heavy atom. The van der Waals surface area contributed by atoms with Gasteiger partial charge >= 0.3 is 0 Å². The van der Waals surface area contributed by atoms with Crippen molar-refractivity contribution in [2.45, 2.75) is 32.1 Å². The fourth-order valence-electron chi connectivity index (χ4n) is 3.44. The smallest absolute Gasteiger partial charge is 0.199 e. The first-order chi connectivity index (χ1) is 14.1. The minimum absolute atomic E-state index is 0.447. The quantitative estimate of drug-likeness (QED) is 0.524. The maximum atomic E-state index is 5.76. The highest BCUT2D eigenvalue weighted by Gasteiger charge is 2.29. The predicted octanol–water partition coefficient (Wildman–Crippen LogP) is 3.92. The molecule has 29 heavy (non-hydrogen) atoms. The van der Waals surface area contributed by atoms with Crippen LogP contribution in [0.5, 0.6) is 11.5 Å². The van der Waals surface area contributed by atoms with Crippen LogP contribution in [0.15, 0.2) is 42.7 Å². The number of hydrogen-bond acceptors (Lipinski definition) is 6. The van der Waals surface area contributed by atoms with Gasteiger partial charge in [0.2, 0.25) is 0 Å². The van der Waals surface area contributed by atoms with Crippen LogP contribution in [0.3, 0.4) is 0 Å². The van der Waals surface area contributed by atoms with Crippen molar-refractivity contribution in [3.63, 3.8) is 0 Å². The fourth-order valence-corrected chi connectivity index (χ4v) is 3.77. The Bertz CT molecular complexity index is 1040. The Morgan fingerprint density at radius 1 is 1.17 bits per heavy atom. The molecule has 0 unspecified atom stereocenters. The van der Waals surface area contributed by atoms with Crippen LogP contribution in [0.4, 0.5) is 0 Å². The van der Waals surface area contributed by atoms with Crippen molar-refractivity contribution in [2.75, 3.05) is 21.3 Å². The van der Waals surface area contributed by atoms with E-state index in [0.717, 1.165) is 52.6 Å². The molecule has 0 N–H and O–H groups in total. The lowest BCUT2D eigenvalue weighted by atomic mass is 10.2. The van der Waals surface area contributed by atoms with Crippen molar-refractivity contribution in [3.8, 4) is 22.9 Å². The second-order valence-corrected chi connectivity index (χ2v) is 7.66. The summed E-state index contributed by atoms with van der Waals surface area (Å²) in [5, 5.41) is 4.83. The van der Waals surface area contributed by atoms with Crippen molar-refractivity contribution >= 4 is 12.2 Å². The molecule has 1 aliphatic carbocycles. The van der Waals surface area contributed by atoms with Gasteiger partial charge in [-0.05, 0) is 61.9 Å². The van der Waals surface area contributed by atoms with Crippen LogP contribution < -0.4 is 9.47 Å². The summed E-state index contributed by atoms with van der Waals surface area (Å²) >= 11 is 5.76. The van der Waals surface area contributed by atoms with Gasteiger partial charge in [-0.15, -0.1) is 0 Å². The van der Waals surface area contributed by atoms with Crippen molar-refractivity contribution in [1.82, 2.24) is 24.2 Å². The molecule has 0 saturated heterocycles. The third-order valence-electron chi connectivity index (χ3n) is 4.98. The van der Waals surface area contributed by atoms with Gasteiger partial charge < -0.3 is 9.47 Å². The molecule has 1 saturated carbocycles. The lowest BCUT2D eigenvalue weighted by Gasteiger charge is -2.17. The van der Waals surface area contributed by atoms with Crippen LogP contribution in [0.25, 0.3) is 11.4 Å². The van der Waals surface area contributed by atoms with E-state index < -0.39 is 0 Å². The molecule has 4 rings (SSSR count). The monoisotopic (exact) mass is 411 g/mol. The van der Waals surface area contributed by atoms with Gasteiger partial charge in [0.05, 0.1) is 20.9 Å². The third-order valence-corrected chi connectivity index (χ3v) is 5.39. The molecule has 152 valence electrons. The standard InChI is InChI=1S/C21H25N5O2S/c1-24(13-15-6-9-18(27-2)19(11-15)28-3)14-25-21(29)26(17-7-8-17)20(23-25)16-5-4-10-22-12-16/h4-6,9-12,17H,7-8,13-14H2,1-3H3. The first-order valence-electron chi connectivity index (χ1n) is 9.60. The van der Waals surface area contributed by atoms with Crippen LogP contribution in [0, 0.1) is 4.77 Å². The van der Waals surface area contributed by atoms with Crippen molar-refractivity contribution in [2.24, 2.45) is 0 Å². The zero-order valence-corrected chi connectivity index (χ0v) is 17.7. The van der Waals surface area contributed by atoms with E-state index in [-0.39, 0.29) is 0 Å². The highest BCUT2D eigenvalue weighted by molar-refractivity contribution is 7.71. The average Bonchev–Trinajstić information content (AvgIpc) is 3.53. The molecular formula is C21H25N5O2S. The topological polar surface area (TPSA) is 57.3 Å². The number of benzene rings is 1. The normalized spacial score (nSPS) is 13.7. The Balaban J connectivity index is 1.56. The lowest BCUT2D eigenvalue weighted by Crippen LogP contribution is -2.22. The van der Waals surface area contributed by atoms with Crippen molar-refractivity contribution in [3.05, 3.63) is 53.1 Å². The second kappa shape index (κ2) is 8.34. The molecule has 1 fully saturated rings. The Kier molecular flexibility index (Phi) is 5.64. The molecule has 0 aliphatic heterocycles. The van der Waals surface area contributed by atoms with Crippen LogP contribution in [-0.4, -0.2) is 45.5 Å². The van der Waals surface area contributed by atoms with Crippen LogP contribution in [0.2, 0.25) is 0 Å². The van der Waals surface area contributed by atoms with E-state index in [4.69, 9.17) is 26.8 Å². The van der Waals surface area contributed by atoms with Crippen molar-refractivity contribution < 1.29 is 9.47 Å². The molecule has 0 radical (unpaired) electrons. The van der Waals surface area contributed by atoms with E-state index in [9.17, 15) is 0 Å². The fraction of sp³-hybridized carbons (Fsp3) is 0.381. The van der Waals surface area contributed by atoms with Gasteiger partial charge in [-0.2, -0.15) is 5.10 Å². The maximum Gasteiger partial charge on any atom is 0.199 e. The number of ether oxygens (including phenoxy) is 2. The van der Waals surface area contributed by atoms with E-state index in [1.807, 2.05) is 41.2 Å². The molecule has 0 bridgehead atoms. The first kappa shape index (κ1) is 19.6. The molecule has 2 aromatic heterocycles. The Morgan fingerprint density at radius 2 is 1.97 bits per heavy atom. The SMILES string of the molecule is COc1ccc(CN(C)Cn2nc(-c3cccnc3)n(C3CC3)c2=S)cc1OC. The van der Waals surface area contributed by atoms with Crippen LogP contribution in [0.1, 0.15) is 24.4 Å². The highest BCUT2D eigenvalue weighted by Crippen LogP contribution is 2.38. The van der Waals surface area contributed by atoms with Crippen molar-refractivity contribution in [1.29, 1.82) is 0 Å².